The summed E-state index contributed by atoms with van der Waals surface area (Å²) in [5.41, 5.74) is 3.22. The fourth-order valence-electron chi connectivity index (χ4n) is 2.52. The lowest BCUT2D eigenvalue weighted by atomic mass is 10.1. The largest absolute Gasteiger partial charge is 0.313 e. The highest BCUT2D eigenvalue weighted by atomic mass is 14.9. The van der Waals surface area contributed by atoms with Gasteiger partial charge in [-0.15, -0.1) is 0 Å². The maximum absolute atomic E-state index is 4.67. The van der Waals surface area contributed by atoms with E-state index in [4.69, 9.17) is 0 Å². The third kappa shape index (κ3) is 2.65. The molecule has 0 aliphatic carbocycles. The van der Waals surface area contributed by atoms with Crippen LogP contribution >= 0.6 is 0 Å². The van der Waals surface area contributed by atoms with Crippen molar-refractivity contribution in [2.24, 2.45) is 0 Å². The molecule has 3 rings (SSSR count). The SMILES string of the molecule is CNC(C)c1cnc(-c2ccc3ccccc3c2)nc1C. The van der Waals surface area contributed by atoms with Gasteiger partial charge in [-0.05, 0) is 37.7 Å². The van der Waals surface area contributed by atoms with Crippen LogP contribution < -0.4 is 5.32 Å². The number of hydrogen-bond donors (Lipinski definition) is 1. The van der Waals surface area contributed by atoms with Crippen LogP contribution in [0.15, 0.2) is 48.7 Å². The zero-order valence-electron chi connectivity index (χ0n) is 12.6. The van der Waals surface area contributed by atoms with Gasteiger partial charge in [-0.25, -0.2) is 9.97 Å². The molecule has 3 heteroatoms. The highest BCUT2D eigenvalue weighted by molar-refractivity contribution is 5.86. The van der Waals surface area contributed by atoms with E-state index in [2.05, 4.69) is 64.7 Å². The van der Waals surface area contributed by atoms with E-state index in [1.54, 1.807) is 0 Å². The van der Waals surface area contributed by atoms with Gasteiger partial charge in [-0.2, -0.15) is 0 Å². The van der Waals surface area contributed by atoms with E-state index in [1.807, 2.05) is 20.2 Å². The van der Waals surface area contributed by atoms with Crippen molar-refractivity contribution in [1.29, 1.82) is 0 Å². The predicted molar refractivity (Wildman–Crippen MR) is 87.2 cm³/mol. The van der Waals surface area contributed by atoms with Crippen LogP contribution in [0.3, 0.4) is 0 Å². The molecule has 0 aliphatic rings. The Hall–Kier alpha value is -2.26. The molecule has 1 N–H and O–H groups in total. The monoisotopic (exact) mass is 277 g/mol. The minimum atomic E-state index is 0.260. The molecule has 106 valence electrons. The molecular weight excluding hydrogens is 258 g/mol. The van der Waals surface area contributed by atoms with Crippen LogP contribution in [0.5, 0.6) is 0 Å². The lowest BCUT2D eigenvalue weighted by Gasteiger charge is -2.13. The van der Waals surface area contributed by atoms with Crippen LogP contribution in [-0.2, 0) is 0 Å². The third-order valence-electron chi connectivity index (χ3n) is 3.92. The van der Waals surface area contributed by atoms with Crippen molar-refractivity contribution in [3.05, 3.63) is 59.9 Å². The molecule has 0 amide bonds. The number of nitrogens with one attached hydrogen (secondary N) is 1. The highest BCUT2D eigenvalue weighted by Crippen LogP contribution is 2.23. The van der Waals surface area contributed by atoms with Gasteiger partial charge in [0.05, 0.1) is 0 Å². The number of aryl methyl sites for hydroxylation is 1. The second-order valence-corrected chi connectivity index (χ2v) is 5.31. The Labute approximate surface area is 125 Å². The molecule has 0 fully saturated rings. The summed E-state index contributed by atoms with van der Waals surface area (Å²) >= 11 is 0. The summed E-state index contributed by atoms with van der Waals surface area (Å²) in [7, 11) is 1.95. The maximum Gasteiger partial charge on any atom is 0.159 e. The standard InChI is InChI=1S/C18H19N3/c1-12(19-3)17-11-20-18(21-13(17)2)16-9-8-14-6-4-5-7-15(14)10-16/h4-12,19H,1-3H3. The molecule has 1 unspecified atom stereocenters. The van der Waals surface area contributed by atoms with E-state index in [1.165, 1.54) is 10.8 Å². The van der Waals surface area contributed by atoms with Gasteiger partial charge in [-0.1, -0.05) is 36.4 Å². The molecule has 0 saturated carbocycles. The average molecular weight is 277 g/mol. The molecule has 1 atom stereocenters. The summed E-state index contributed by atoms with van der Waals surface area (Å²) in [4.78, 5) is 9.20. The first-order chi connectivity index (χ1) is 10.2. The molecule has 2 aromatic carbocycles. The van der Waals surface area contributed by atoms with Gasteiger partial charge in [0.1, 0.15) is 0 Å². The molecule has 1 aromatic heterocycles. The Morgan fingerprint density at radius 1 is 1.05 bits per heavy atom. The number of aromatic nitrogens is 2. The van der Waals surface area contributed by atoms with Crippen LogP contribution in [-0.4, -0.2) is 17.0 Å². The second kappa shape index (κ2) is 5.62. The molecule has 0 radical (unpaired) electrons. The number of benzene rings is 2. The average Bonchev–Trinajstić information content (AvgIpc) is 2.53. The fourth-order valence-corrected chi connectivity index (χ4v) is 2.52. The van der Waals surface area contributed by atoms with Crippen molar-refractivity contribution >= 4 is 10.8 Å². The normalized spacial score (nSPS) is 12.5. The maximum atomic E-state index is 4.67. The predicted octanol–water partition coefficient (Wildman–Crippen LogP) is 3.89. The van der Waals surface area contributed by atoms with Gasteiger partial charge >= 0.3 is 0 Å². The quantitative estimate of drug-likeness (QED) is 0.789. The molecular formula is C18H19N3. The van der Waals surface area contributed by atoms with Crippen LogP contribution in [0.4, 0.5) is 0 Å². The molecule has 3 nitrogen and oxygen atoms in total. The van der Waals surface area contributed by atoms with Crippen LogP contribution in [0, 0.1) is 6.92 Å². The summed E-state index contributed by atoms with van der Waals surface area (Å²) in [5.74, 6) is 0.783. The first-order valence-electron chi connectivity index (χ1n) is 7.19. The zero-order chi connectivity index (χ0) is 14.8. The molecule has 0 aliphatic heterocycles. The number of fused-ring (bicyclic) bond motifs is 1. The Kier molecular flexibility index (Phi) is 3.67. The van der Waals surface area contributed by atoms with Crippen molar-refractivity contribution in [2.45, 2.75) is 19.9 Å². The molecule has 0 spiro atoms. The van der Waals surface area contributed by atoms with Crippen molar-refractivity contribution in [3.8, 4) is 11.4 Å². The summed E-state index contributed by atoms with van der Waals surface area (Å²) in [5, 5.41) is 5.67. The smallest absolute Gasteiger partial charge is 0.159 e. The van der Waals surface area contributed by atoms with Gasteiger partial charge < -0.3 is 5.32 Å². The zero-order valence-corrected chi connectivity index (χ0v) is 12.6. The van der Waals surface area contributed by atoms with E-state index in [-0.39, 0.29) is 6.04 Å². The van der Waals surface area contributed by atoms with Gasteiger partial charge in [0, 0.05) is 29.1 Å². The first kappa shape index (κ1) is 13.7. The number of rotatable bonds is 3. The Morgan fingerprint density at radius 3 is 2.52 bits per heavy atom. The van der Waals surface area contributed by atoms with Crippen molar-refractivity contribution < 1.29 is 0 Å². The fraction of sp³-hybridized carbons (Fsp3) is 0.222. The second-order valence-electron chi connectivity index (χ2n) is 5.31. The number of nitrogens with zero attached hydrogens (tertiary/aromatic N) is 2. The summed E-state index contributed by atoms with van der Waals surface area (Å²) in [6.07, 6.45) is 1.92. The highest BCUT2D eigenvalue weighted by Gasteiger charge is 2.10. The molecule has 3 aromatic rings. The van der Waals surface area contributed by atoms with E-state index in [0.717, 1.165) is 22.6 Å². The lowest BCUT2D eigenvalue weighted by molar-refractivity contribution is 0.641. The van der Waals surface area contributed by atoms with Crippen LogP contribution in [0.1, 0.15) is 24.2 Å². The van der Waals surface area contributed by atoms with Crippen LogP contribution in [0.25, 0.3) is 22.2 Å². The van der Waals surface area contributed by atoms with E-state index in [0.29, 0.717) is 0 Å². The Bertz CT molecular complexity index is 780. The third-order valence-corrected chi connectivity index (χ3v) is 3.92. The summed E-state index contributed by atoms with van der Waals surface area (Å²) < 4.78 is 0. The first-order valence-corrected chi connectivity index (χ1v) is 7.19. The van der Waals surface area contributed by atoms with E-state index < -0.39 is 0 Å². The van der Waals surface area contributed by atoms with Crippen molar-refractivity contribution in [2.75, 3.05) is 7.05 Å². The topological polar surface area (TPSA) is 37.8 Å². The molecule has 21 heavy (non-hydrogen) atoms. The Morgan fingerprint density at radius 2 is 1.81 bits per heavy atom. The summed E-state index contributed by atoms with van der Waals surface area (Å²) in [6.45, 7) is 4.15. The van der Waals surface area contributed by atoms with Crippen molar-refractivity contribution in [1.82, 2.24) is 15.3 Å². The minimum Gasteiger partial charge on any atom is -0.313 e. The molecule has 0 saturated heterocycles. The van der Waals surface area contributed by atoms with Crippen molar-refractivity contribution in [3.63, 3.8) is 0 Å². The van der Waals surface area contributed by atoms with E-state index >= 15 is 0 Å². The van der Waals surface area contributed by atoms with E-state index in [9.17, 15) is 0 Å². The van der Waals surface area contributed by atoms with Gasteiger partial charge in [0.25, 0.3) is 0 Å². The molecule has 1 heterocycles. The lowest BCUT2D eigenvalue weighted by Crippen LogP contribution is -2.14. The minimum absolute atomic E-state index is 0.260. The van der Waals surface area contributed by atoms with Gasteiger partial charge in [0.2, 0.25) is 0 Å². The van der Waals surface area contributed by atoms with Gasteiger partial charge in [0.15, 0.2) is 5.82 Å². The number of hydrogen-bond acceptors (Lipinski definition) is 3. The van der Waals surface area contributed by atoms with Crippen LogP contribution in [0.2, 0.25) is 0 Å². The summed E-state index contributed by atoms with van der Waals surface area (Å²) in [6, 6.07) is 14.9. The Balaban J connectivity index is 2.04. The molecule has 0 bridgehead atoms. The van der Waals surface area contributed by atoms with Gasteiger partial charge in [-0.3, -0.25) is 0 Å².